The highest BCUT2D eigenvalue weighted by atomic mass is 16.4. The zero-order valence-electron chi connectivity index (χ0n) is 12.7. The van der Waals surface area contributed by atoms with E-state index < -0.39 is 17.4 Å². The fourth-order valence-electron chi connectivity index (χ4n) is 2.48. The first-order chi connectivity index (χ1) is 9.79. The molecule has 0 aromatic heterocycles. The molecule has 0 aliphatic carbocycles. The van der Waals surface area contributed by atoms with Crippen LogP contribution in [0.2, 0.25) is 0 Å². The monoisotopic (exact) mass is 290 g/mol. The number of nitrogens with one attached hydrogen (secondary N) is 2. The lowest BCUT2D eigenvalue weighted by Gasteiger charge is -2.28. The van der Waals surface area contributed by atoms with Crippen molar-refractivity contribution in [1.29, 1.82) is 0 Å². The molecule has 0 radical (unpaired) electrons. The molecule has 0 saturated heterocycles. The Labute approximate surface area is 124 Å². The summed E-state index contributed by atoms with van der Waals surface area (Å²) < 4.78 is 0. The Balaban J connectivity index is 2.18. The van der Waals surface area contributed by atoms with Crippen LogP contribution in [-0.4, -0.2) is 29.6 Å². The average Bonchev–Trinajstić information content (AvgIpc) is 2.42. The molecule has 1 aromatic carbocycles. The highest BCUT2D eigenvalue weighted by Crippen LogP contribution is 2.21. The van der Waals surface area contributed by atoms with Gasteiger partial charge in [-0.2, -0.15) is 0 Å². The maximum absolute atomic E-state index is 12.3. The number of rotatable bonds is 3. The summed E-state index contributed by atoms with van der Waals surface area (Å²) in [5.41, 5.74) is 2.32. The fraction of sp³-hybridized carbons (Fsp3) is 0.500. The molecule has 1 aliphatic rings. The molecular formula is C16H22N2O3. The van der Waals surface area contributed by atoms with E-state index in [-0.39, 0.29) is 5.91 Å². The number of carbonyl (C=O) groups is 2. The smallest absolute Gasteiger partial charge is 0.326 e. The molecule has 5 nitrogen and oxygen atoms in total. The van der Waals surface area contributed by atoms with Crippen LogP contribution in [0.25, 0.3) is 0 Å². The number of aliphatic carboxylic acids is 1. The third-order valence-electron chi connectivity index (χ3n) is 3.74. The van der Waals surface area contributed by atoms with Crippen molar-refractivity contribution in [1.82, 2.24) is 10.6 Å². The molecule has 5 heteroatoms. The molecule has 1 aliphatic heterocycles. The Kier molecular flexibility index (Phi) is 4.32. The van der Waals surface area contributed by atoms with E-state index in [0.717, 1.165) is 25.1 Å². The minimum Gasteiger partial charge on any atom is -0.480 e. The van der Waals surface area contributed by atoms with Gasteiger partial charge in [0.25, 0.3) is 5.91 Å². The zero-order chi connectivity index (χ0) is 15.6. The van der Waals surface area contributed by atoms with Gasteiger partial charge in [-0.15, -0.1) is 0 Å². The quantitative estimate of drug-likeness (QED) is 0.789. The van der Waals surface area contributed by atoms with E-state index in [1.165, 1.54) is 5.56 Å². The Hall–Kier alpha value is -1.88. The molecule has 1 heterocycles. The van der Waals surface area contributed by atoms with Crippen LogP contribution >= 0.6 is 0 Å². The van der Waals surface area contributed by atoms with Crippen LogP contribution in [0.5, 0.6) is 0 Å². The predicted molar refractivity (Wildman–Crippen MR) is 80.2 cm³/mol. The molecule has 1 aromatic rings. The molecule has 114 valence electrons. The third-order valence-corrected chi connectivity index (χ3v) is 3.74. The van der Waals surface area contributed by atoms with Gasteiger partial charge in [0.2, 0.25) is 0 Å². The summed E-state index contributed by atoms with van der Waals surface area (Å²) in [6.45, 7) is 7.08. The molecule has 0 fully saturated rings. The first-order valence-corrected chi connectivity index (χ1v) is 7.15. The van der Waals surface area contributed by atoms with Crippen molar-refractivity contribution in [2.45, 2.75) is 39.8 Å². The zero-order valence-corrected chi connectivity index (χ0v) is 12.7. The first kappa shape index (κ1) is 15.5. The van der Waals surface area contributed by atoms with Gasteiger partial charge in [0.15, 0.2) is 0 Å². The van der Waals surface area contributed by atoms with Crippen molar-refractivity contribution < 1.29 is 14.7 Å². The highest BCUT2D eigenvalue weighted by molar-refractivity contribution is 5.97. The number of carboxylic acid groups (broad SMARTS) is 1. The molecule has 1 atom stereocenters. The van der Waals surface area contributed by atoms with Gasteiger partial charge in [-0.1, -0.05) is 26.8 Å². The second kappa shape index (κ2) is 5.85. The van der Waals surface area contributed by atoms with Gasteiger partial charge in [-0.3, -0.25) is 4.79 Å². The molecule has 1 amide bonds. The van der Waals surface area contributed by atoms with Crippen molar-refractivity contribution in [2.75, 3.05) is 6.54 Å². The number of carbonyl (C=O) groups excluding carboxylic acids is 1. The Morgan fingerprint density at radius 2 is 2.00 bits per heavy atom. The number of carboxylic acids is 1. The number of hydrogen-bond acceptors (Lipinski definition) is 3. The molecule has 0 spiro atoms. The Morgan fingerprint density at radius 1 is 1.29 bits per heavy atom. The van der Waals surface area contributed by atoms with Crippen molar-refractivity contribution in [2.24, 2.45) is 5.41 Å². The van der Waals surface area contributed by atoms with Crippen LogP contribution < -0.4 is 10.6 Å². The third kappa shape index (κ3) is 3.61. The SMILES string of the molecule is CC(C)(C)[C@@H](NC(=O)c1ccc2c(c1)CNCC2)C(=O)O. The van der Waals surface area contributed by atoms with E-state index >= 15 is 0 Å². The van der Waals surface area contributed by atoms with E-state index in [9.17, 15) is 14.7 Å². The van der Waals surface area contributed by atoms with Crippen LogP contribution in [0, 0.1) is 5.41 Å². The summed E-state index contributed by atoms with van der Waals surface area (Å²) in [5.74, 6) is -1.36. The van der Waals surface area contributed by atoms with E-state index in [1.807, 2.05) is 12.1 Å². The second-order valence-corrected chi connectivity index (χ2v) is 6.52. The van der Waals surface area contributed by atoms with Crippen LogP contribution in [0.15, 0.2) is 18.2 Å². The number of fused-ring (bicyclic) bond motifs is 1. The maximum atomic E-state index is 12.3. The van der Waals surface area contributed by atoms with E-state index in [4.69, 9.17) is 0 Å². The van der Waals surface area contributed by atoms with E-state index in [2.05, 4.69) is 10.6 Å². The van der Waals surface area contributed by atoms with Gasteiger partial charge in [0.1, 0.15) is 6.04 Å². The van der Waals surface area contributed by atoms with Crippen molar-refractivity contribution in [3.05, 3.63) is 34.9 Å². The van der Waals surface area contributed by atoms with Gasteiger partial charge in [-0.25, -0.2) is 4.79 Å². The minimum absolute atomic E-state index is 0.342. The van der Waals surface area contributed by atoms with Gasteiger partial charge < -0.3 is 15.7 Å². The molecule has 0 bridgehead atoms. The first-order valence-electron chi connectivity index (χ1n) is 7.15. The molecule has 21 heavy (non-hydrogen) atoms. The lowest BCUT2D eigenvalue weighted by Crippen LogP contribution is -2.49. The minimum atomic E-state index is -1.02. The van der Waals surface area contributed by atoms with Gasteiger partial charge >= 0.3 is 5.97 Å². The van der Waals surface area contributed by atoms with Crippen LogP contribution in [0.1, 0.15) is 42.3 Å². The van der Waals surface area contributed by atoms with Gasteiger partial charge in [-0.05, 0) is 41.6 Å². The highest BCUT2D eigenvalue weighted by Gasteiger charge is 2.32. The van der Waals surface area contributed by atoms with Crippen LogP contribution in [0.3, 0.4) is 0 Å². The number of amides is 1. The topological polar surface area (TPSA) is 78.4 Å². The summed E-state index contributed by atoms with van der Waals surface area (Å²) in [6, 6.07) is 4.65. The molecule has 2 rings (SSSR count). The summed E-state index contributed by atoms with van der Waals surface area (Å²) in [6.07, 6.45) is 0.955. The Morgan fingerprint density at radius 3 is 2.62 bits per heavy atom. The van der Waals surface area contributed by atoms with Crippen molar-refractivity contribution in [3.8, 4) is 0 Å². The summed E-state index contributed by atoms with van der Waals surface area (Å²) in [7, 11) is 0. The number of benzene rings is 1. The fourth-order valence-corrected chi connectivity index (χ4v) is 2.48. The summed E-state index contributed by atoms with van der Waals surface area (Å²) in [5, 5.41) is 15.2. The van der Waals surface area contributed by atoms with Crippen LogP contribution in [-0.2, 0) is 17.8 Å². The second-order valence-electron chi connectivity index (χ2n) is 6.52. The molecule has 0 unspecified atom stereocenters. The van der Waals surface area contributed by atoms with Gasteiger partial charge in [0.05, 0.1) is 0 Å². The lowest BCUT2D eigenvalue weighted by molar-refractivity contribution is -0.142. The summed E-state index contributed by atoms with van der Waals surface area (Å²) in [4.78, 5) is 23.6. The molecule has 3 N–H and O–H groups in total. The van der Waals surface area contributed by atoms with Gasteiger partial charge in [0, 0.05) is 12.1 Å². The van der Waals surface area contributed by atoms with Crippen molar-refractivity contribution >= 4 is 11.9 Å². The summed E-state index contributed by atoms with van der Waals surface area (Å²) >= 11 is 0. The predicted octanol–water partition coefficient (Wildman–Crippen LogP) is 1.56. The Bertz CT molecular complexity index is 561. The molecule has 0 saturated carbocycles. The average molecular weight is 290 g/mol. The lowest BCUT2D eigenvalue weighted by atomic mass is 9.86. The van der Waals surface area contributed by atoms with Crippen LogP contribution in [0.4, 0.5) is 0 Å². The largest absolute Gasteiger partial charge is 0.480 e. The normalized spacial score (nSPS) is 16.0. The number of hydrogen-bond donors (Lipinski definition) is 3. The standard InChI is InChI=1S/C16H22N2O3/c1-16(2,3)13(15(20)21)18-14(19)11-5-4-10-6-7-17-9-12(10)8-11/h4-5,8,13,17H,6-7,9H2,1-3H3,(H,18,19)(H,20,21)/t13-/m0/s1. The van der Waals surface area contributed by atoms with Crippen molar-refractivity contribution in [3.63, 3.8) is 0 Å². The molecular weight excluding hydrogens is 268 g/mol. The van der Waals surface area contributed by atoms with E-state index in [0.29, 0.717) is 5.56 Å². The van der Waals surface area contributed by atoms with E-state index in [1.54, 1.807) is 26.8 Å². The maximum Gasteiger partial charge on any atom is 0.326 e.